The van der Waals surface area contributed by atoms with Crippen LogP contribution in [-0.2, 0) is 0 Å². The maximum atomic E-state index is 14.2. The van der Waals surface area contributed by atoms with Crippen LogP contribution in [0.1, 0.15) is 0 Å². The topological polar surface area (TPSA) is 75.9 Å². The van der Waals surface area contributed by atoms with Gasteiger partial charge in [-0.15, -0.1) is 0 Å². The fraction of sp³-hybridized carbons (Fsp3) is 0. The molecule has 1 N–H and O–H groups in total. The lowest BCUT2D eigenvalue weighted by molar-refractivity contribution is 0.585. The van der Waals surface area contributed by atoms with Crippen molar-refractivity contribution in [3.8, 4) is 22.5 Å². The first-order valence-electron chi connectivity index (χ1n) is 6.97. The highest BCUT2D eigenvalue weighted by Gasteiger charge is 2.20. The first kappa shape index (κ1) is 14.2. The summed E-state index contributed by atoms with van der Waals surface area (Å²) in [6, 6.07) is 6.09. The van der Waals surface area contributed by atoms with E-state index in [-0.39, 0.29) is 16.8 Å². The minimum atomic E-state index is -0.739. The molecule has 0 unspecified atom stereocenters. The third kappa shape index (κ3) is 2.24. The summed E-state index contributed by atoms with van der Waals surface area (Å²) in [6.07, 6.45) is 4.70. The average Bonchev–Trinajstić information content (AvgIpc) is 2.95. The Balaban J connectivity index is 2.06. The van der Waals surface area contributed by atoms with Crippen LogP contribution in [0, 0.1) is 11.6 Å². The summed E-state index contributed by atoms with van der Waals surface area (Å²) in [5, 5.41) is 10.7. The Labute approximate surface area is 133 Å². The Morgan fingerprint density at radius 2 is 2.00 bits per heavy atom. The van der Waals surface area contributed by atoms with Crippen molar-refractivity contribution in [3.05, 3.63) is 70.9 Å². The molecule has 1 aromatic carbocycles. The van der Waals surface area contributed by atoms with Gasteiger partial charge in [-0.3, -0.25) is 9.78 Å². The molecule has 0 atom stereocenters. The Morgan fingerprint density at radius 1 is 1.12 bits per heavy atom. The molecule has 3 heterocycles. The Hall–Kier alpha value is -3.42. The first-order chi connectivity index (χ1) is 11.6. The number of halogens is 2. The van der Waals surface area contributed by atoms with Gasteiger partial charge in [-0.2, -0.15) is 10.2 Å². The molecule has 6 nitrogen and oxygen atoms in total. The van der Waals surface area contributed by atoms with E-state index in [0.717, 1.165) is 12.1 Å². The van der Waals surface area contributed by atoms with Gasteiger partial charge in [0, 0.05) is 30.1 Å². The van der Waals surface area contributed by atoms with E-state index in [9.17, 15) is 13.6 Å². The molecule has 3 aromatic heterocycles. The van der Waals surface area contributed by atoms with Crippen molar-refractivity contribution < 1.29 is 8.78 Å². The molecule has 0 aliphatic carbocycles. The summed E-state index contributed by atoms with van der Waals surface area (Å²) in [5.74, 6) is -1.41. The van der Waals surface area contributed by atoms with Gasteiger partial charge in [-0.05, 0) is 18.2 Å². The lowest BCUT2D eigenvalue weighted by atomic mass is 10.0. The molecule has 0 aliphatic rings. The summed E-state index contributed by atoms with van der Waals surface area (Å²) in [4.78, 5) is 15.3. The molecule has 0 saturated heterocycles. The lowest BCUT2D eigenvalue weighted by Crippen LogP contribution is -2.05. The van der Waals surface area contributed by atoms with E-state index >= 15 is 0 Å². The molecule has 0 radical (unpaired) electrons. The SMILES string of the molecule is O=c1ccc(-c2c(-c3ccc(F)cc3F)nn3ccncc23)n[nH]1. The number of rotatable bonds is 2. The normalized spacial score (nSPS) is 11.1. The number of nitrogens with zero attached hydrogens (tertiary/aromatic N) is 4. The molecule has 0 fully saturated rings. The smallest absolute Gasteiger partial charge is 0.264 e. The van der Waals surface area contributed by atoms with E-state index in [1.165, 1.54) is 28.9 Å². The van der Waals surface area contributed by atoms with Crippen LogP contribution < -0.4 is 5.56 Å². The Morgan fingerprint density at radius 3 is 2.75 bits per heavy atom. The maximum absolute atomic E-state index is 14.2. The van der Waals surface area contributed by atoms with Crippen molar-refractivity contribution in [2.45, 2.75) is 0 Å². The summed E-state index contributed by atoms with van der Waals surface area (Å²) in [6.45, 7) is 0. The quantitative estimate of drug-likeness (QED) is 0.614. The third-order valence-electron chi connectivity index (χ3n) is 3.56. The number of nitrogens with one attached hydrogen (secondary N) is 1. The summed E-state index contributed by atoms with van der Waals surface area (Å²) < 4.78 is 29.0. The molecular formula is C16H9F2N5O. The second-order valence-corrected chi connectivity index (χ2v) is 5.06. The van der Waals surface area contributed by atoms with Crippen molar-refractivity contribution in [2.24, 2.45) is 0 Å². The van der Waals surface area contributed by atoms with Crippen molar-refractivity contribution in [1.82, 2.24) is 24.8 Å². The number of hydrogen-bond donors (Lipinski definition) is 1. The van der Waals surface area contributed by atoms with E-state index in [4.69, 9.17) is 0 Å². The highest BCUT2D eigenvalue weighted by atomic mass is 19.1. The van der Waals surface area contributed by atoms with E-state index < -0.39 is 11.6 Å². The summed E-state index contributed by atoms with van der Waals surface area (Å²) in [5.41, 5.74) is 1.52. The van der Waals surface area contributed by atoms with Gasteiger partial charge in [0.2, 0.25) is 0 Å². The van der Waals surface area contributed by atoms with Gasteiger partial charge in [0.1, 0.15) is 17.3 Å². The van der Waals surface area contributed by atoms with Crippen molar-refractivity contribution in [2.75, 3.05) is 0 Å². The van der Waals surface area contributed by atoms with Gasteiger partial charge in [0.05, 0.1) is 23.0 Å². The van der Waals surface area contributed by atoms with Crippen molar-refractivity contribution >= 4 is 5.52 Å². The lowest BCUT2D eigenvalue weighted by Gasteiger charge is -2.04. The molecule has 118 valence electrons. The summed E-state index contributed by atoms with van der Waals surface area (Å²) >= 11 is 0. The van der Waals surface area contributed by atoms with Gasteiger partial charge in [0.25, 0.3) is 5.56 Å². The predicted octanol–water partition coefficient (Wildman–Crippen LogP) is 2.42. The average molecular weight is 325 g/mol. The molecule has 0 amide bonds. The van der Waals surface area contributed by atoms with E-state index in [1.807, 2.05) is 0 Å². The van der Waals surface area contributed by atoms with Crippen LogP contribution in [0.2, 0.25) is 0 Å². The standard InChI is InChI=1S/C16H9F2N5O/c17-9-1-2-10(11(18)7-9)16-15(12-3-4-14(24)21-20-12)13-8-19-5-6-23(13)22-16/h1-8H,(H,21,24). The molecule has 8 heteroatoms. The maximum Gasteiger partial charge on any atom is 0.264 e. The highest BCUT2D eigenvalue weighted by molar-refractivity contribution is 5.90. The van der Waals surface area contributed by atoms with Crippen LogP contribution in [0.25, 0.3) is 28.0 Å². The molecular weight excluding hydrogens is 316 g/mol. The second kappa shape index (κ2) is 5.34. The van der Waals surface area contributed by atoms with Gasteiger partial charge in [-0.25, -0.2) is 18.4 Å². The van der Waals surface area contributed by atoms with E-state index in [2.05, 4.69) is 20.3 Å². The molecule has 0 aliphatic heterocycles. The molecule has 4 aromatic rings. The zero-order chi connectivity index (χ0) is 16.7. The largest absolute Gasteiger partial charge is 0.268 e. The van der Waals surface area contributed by atoms with Crippen molar-refractivity contribution in [1.29, 1.82) is 0 Å². The predicted molar refractivity (Wildman–Crippen MR) is 82.2 cm³/mol. The minimum Gasteiger partial charge on any atom is -0.268 e. The molecule has 4 rings (SSSR count). The van der Waals surface area contributed by atoms with Gasteiger partial charge >= 0.3 is 0 Å². The van der Waals surface area contributed by atoms with Crippen LogP contribution in [-0.4, -0.2) is 24.8 Å². The van der Waals surface area contributed by atoms with E-state index in [0.29, 0.717) is 16.8 Å². The minimum absolute atomic E-state index is 0.128. The zero-order valence-corrected chi connectivity index (χ0v) is 12.1. The fourth-order valence-corrected chi connectivity index (χ4v) is 2.51. The monoisotopic (exact) mass is 325 g/mol. The first-order valence-corrected chi connectivity index (χ1v) is 6.97. The summed E-state index contributed by atoms with van der Waals surface area (Å²) in [7, 11) is 0. The number of aromatic nitrogens is 5. The van der Waals surface area contributed by atoms with Crippen LogP contribution in [0.15, 0.2) is 53.7 Å². The fourth-order valence-electron chi connectivity index (χ4n) is 2.51. The number of benzene rings is 1. The van der Waals surface area contributed by atoms with Gasteiger partial charge < -0.3 is 0 Å². The molecule has 0 bridgehead atoms. The zero-order valence-electron chi connectivity index (χ0n) is 12.1. The van der Waals surface area contributed by atoms with Crippen LogP contribution in [0.4, 0.5) is 8.78 Å². The molecule has 0 spiro atoms. The third-order valence-corrected chi connectivity index (χ3v) is 3.56. The Bertz CT molecular complexity index is 1100. The number of hydrogen-bond acceptors (Lipinski definition) is 4. The number of aromatic amines is 1. The number of H-pyrrole nitrogens is 1. The molecule has 0 saturated carbocycles. The van der Waals surface area contributed by atoms with E-state index in [1.54, 1.807) is 12.4 Å². The Kier molecular flexibility index (Phi) is 3.16. The second-order valence-electron chi connectivity index (χ2n) is 5.06. The van der Waals surface area contributed by atoms with Gasteiger partial charge in [-0.1, -0.05) is 0 Å². The van der Waals surface area contributed by atoms with Crippen molar-refractivity contribution in [3.63, 3.8) is 0 Å². The van der Waals surface area contributed by atoms with Crippen LogP contribution in [0.5, 0.6) is 0 Å². The molecule has 24 heavy (non-hydrogen) atoms. The van der Waals surface area contributed by atoms with Crippen LogP contribution >= 0.6 is 0 Å². The highest BCUT2D eigenvalue weighted by Crippen LogP contribution is 2.34. The van der Waals surface area contributed by atoms with Crippen LogP contribution in [0.3, 0.4) is 0 Å². The van der Waals surface area contributed by atoms with Gasteiger partial charge in [0.15, 0.2) is 0 Å². The number of fused-ring (bicyclic) bond motifs is 1.